The Kier molecular flexibility index (Phi) is 8.62. The summed E-state index contributed by atoms with van der Waals surface area (Å²) in [4.78, 5) is 0. The lowest BCUT2D eigenvalue weighted by atomic mass is 9.99. The topological polar surface area (TPSA) is 55.9 Å². The lowest BCUT2D eigenvalue weighted by molar-refractivity contribution is 0.438. The standard InChI is InChI=1S/C17H34N4/c1-5-6-7-8-9-10-11-16(19-18)12-13-17-14(2)20-21(4)15(17)3/h16,19H,5-13,18H2,1-4H3. The molecule has 0 aliphatic carbocycles. The Hall–Kier alpha value is -0.870. The lowest BCUT2D eigenvalue weighted by Gasteiger charge is -2.15. The largest absolute Gasteiger partial charge is 0.272 e. The summed E-state index contributed by atoms with van der Waals surface area (Å²) in [5.74, 6) is 5.71. The minimum atomic E-state index is 0.426. The summed E-state index contributed by atoms with van der Waals surface area (Å²) in [5.41, 5.74) is 6.82. The van der Waals surface area contributed by atoms with Crippen molar-refractivity contribution in [2.24, 2.45) is 12.9 Å². The van der Waals surface area contributed by atoms with Crippen LogP contribution in [0.2, 0.25) is 0 Å². The molecule has 1 aromatic heterocycles. The lowest BCUT2D eigenvalue weighted by Crippen LogP contribution is -2.35. The first kappa shape index (κ1) is 18.2. The maximum atomic E-state index is 5.71. The molecule has 4 heteroatoms. The molecule has 0 saturated carbocycles. The monoisotopic (exact) mass is 294 g/mol. The highest BCUT2D eigenvalue weighted by Crippen LogP contribution is 2.17. The molecule has 1 aromatic rings. The van der Waals surface area contributed by atoms with Crippen molar-refractivity contribution in [1.82, 2.24) is 15.2 Å². The first-order valence-corrected chi connectivity index (χ1v) is 8.55. The summed E-state index contributed by atoms with van der Waals surface area (Å²) in [6.07, 6.45) is 11.4. The number of unbranched alkanes of at least 4 members (excludes halogenated alkanes) is 5. The number of nitrogens with two attached hydrogens (primary N) is 1. The predicted octanol–water partition coefficient (Wildman–Crippen LogP) is 3.55. The average Bonchev–Trinajstić information content (AvgIpc) is 2.71. The summed E-state index contributed by atoms with van der Waals surface area (Å²) in [5, 5.41) is 4.48. The smallest absolute Gasteiger partial charge is 0.0628 e. The van der Waals surface area contributed by atoms with Crippen LogP contribution in [0.15, 0.2) is 0 Å². The van der Waals surface area contributed by atoms with Gasteiger partial charge in [-0.3, -0.25) is 16.0 Å². The van der Waals surface area contributed by atoms with E-state index < -0.39 is 0 Å². The van der Waals surface area contributed by atoms with Crippen molar-refractivity contribution >= 4 is 0 Å². The zero-order valence-corrected chi connectivity index (χ0v) is 14.4. The van der Waals surface area contributed by atoms with Gasteiger partial charge in [0.15, 0.2) is 0 Å². The normalized spacial score (nSPS) is 12.8. The molecule has 3 N–H and O–H groups in total. The molecule has 0 saturated heterocycles. The second kappa shape index (κ2) is 9.96. The Balaban J connectivity index is 2.27. The van der Waals surface area contributed by atoms with Crippen LogP contribution in [0, 0.1) is 13.8 Å². The van der Waals surface area contributed by atoms with E-state index in [0.717, 1.165) is 18.5 Å². The van der Waals surface area contributed by atoms with E-state index in [9.17, 15) is 0 Å². The number of aryl methyl sites for hydroxylation is 2. The first-order chi connectivity index (χ1) is 10.1. The third kappa shape index (κ3) is 6.18. The summed E-state index contributed by atoms with van der Waals surface area (Å²) in [7, 11) is 2.01. The second-order valence-corrected chi connectivity index (χ2v) is 6.23. The fourth-order valence-corrected chi connectivity index (χ4v) is 2.98. The quantitative estimate of drug-likeness (QED) is 0.373. The molecule has 0 radical (unpaired) electrons. The maximum absolute atomic E-state index is 5.71. The maximum Gasteiger partial charge on any atom is 0.0628 e. The molecule has 0 amide bonds. The van der Waals surface area contributed by atoms with E-state index >= 15 is 0 Å². The number of rotatable bonds is 11. The van der Waals surface area contributed by atoms with Gasteiger partial charge >= 0.3 is 0 Å². The Bertz CT molecular complexity index is 398. The number of aromatic nitrogens is 2. The van der Waals surface area contributed by atoms with Crippen molar-refractivity contribution in [3.8, 4) is 0 Å². The van der Waals surface area contributed by atoms with Gasteiger partial charge in [-0.25, -0.2) is 0 Å². The molecule has 0 aliphatic heterocycles. The van der Waals surface area contributed by atoms with Crippen molar-refractivity contribution in [3.63, 3.8) is 0 Å². The van der Waals surface area contributed by atoms with Crippen molar-refractivity contribution in [1.29, 1.82) is 0 Å². The summed E-state index contributed by atoms with van der Waals surface area (Å²) >= 11 is 0. The zero-order chi connectivity index (χ0) is 15.7. The molecule has 1 rings (SSSR count). The minimum Gasteiger partial charge on any atom is -0.272 e. The zero-order valence-electron chi connectivity index (χ0n) is 14.4. The molecule has 0 aromatic carbocycles. The summed E-state index contributed by atoms with van der Waals surface area (Å²) in [6, 6.07) is 0.426. The molecule has 122 valence electrons. The number of nitrogens with one attached hydrogen (secondary N) is 1. The summed E-state index contributed by atoms with van der Waals surface area (Å²) in [6.45, 7) is 6.51. The molecule has 4 nitrogen and oxygen atoms in total. The van der Waals surface area contributed by atoms with Crippen LogP contribution in [0.1, 0.15) is 75.2 Å². The molecule has 0 bridgehead atoms. The third-order valence-corrected chi connectivity index (χ3v) is 4.54. The van der Waals surface area contributed by atoms with Crippen molar-refractivity contribution < 1.29 is 0 Å². The van der Waals surface area contributed by atoms with E-state index in [1.165, 1.54) is 56.2 Å². The van der Waals surface area contributed by atoms with E-state index in [4.69, 9.17) is 5.84 Å². The second-order valence-electron chi connectivity index (χ2n) is 6.23. The molecule has 1 heterocycles. The third-order valence-electron chi connectivity index (χ3n) is 4.54. The van der Waals surface area contributed by atoms with Gasteiger partial charge in [0.1, 0.15) is 0 Å². The van der Waals surface area contributed by atoms with Crippen molar-refractivity contribution in [2.75, 3.05) is 0 Å². The van der Waals surface area contributed by atoms with E-state index in [2.05, 4.69) is 31.3 Å². The first-order valence-electron chi connectivity index (χ1n) is 8.55. The van der Waals surface area contributed by atoms with Gasteiger partial charge in [-0.15, -0.1) is 0 Å². The van der Waals surface area contributed by atoms with Crippen LogP contribution in [-0.4, -0.2) is 15.8 Å². The number of hydrogen-bond acceptors (Lipinski definition) is 3. The molecular formula is C17H34N4. The minimum absolute atomic E-state index is 0.426. The highest BCUT2D eigenvalue weighted by molar-refractivity contribution is 5.24. The van der Waals surface area contributed by atoms with Crippen LogP contribution in [-0.2, 0) is 13.5 Å². The summed E-state index contributed by atoms with van der Waals surface area (Å²) < 4.78 is 1.98. The van der Waals surface area contributed by atoms with E-state index in [0.29, 0.717) is 6.04 Å². The SMILES string of the molecule is CCCCCCCCC(CCc1c(C)nn(C)c1C)NN. The van der Waals surface area contributed by atoms with Gasteiger partial charge in [0.25, 0.3) is 0 Å². The number of hydrogen-bond donors (Lipinski definition) is 2. The molecule has 1 unspecified atom stereocenters. The average molecular weight is 294 g/mol. The predicted molar refractivity (Wildman–Crippen MR) is 90.1 cm³/mol. The van der Waals surface area contributed by atoms with Gasteiger partial charge in [-0.05, 0) is 38.7 Å². The van der Waals surface area contributed by atoms with E-state index in [1.54, 1.807) is 0 Å². The molecular weight excluding hydrogens is 260 g/mol. The van der Waals surface area contributed by atoms with Crippen molar-refractivity contribution in [3.05, 3.63) is 17.0 Å². The van der Waals surface area contributed by atoms with Gasteiger partial charge in [-0.1, -0.05) is 45.4 Å². The van der Waals surface area contributed by atoms with E-state index in [1.807, 2.05) is 11.7 Å². The number of nitrogens with zero attached hydrogens (tertiary/aromatic N) is 2. The Labute approximate surface area is 130 Å². The van der Waals surface area contributed by atoms with Crippen LogP contribution >= 0.6 is 0 Å². The van der Waals surface area contributed by atoms with Crippen LogP contribution in [0.3, 0.4) is 0 Å². The number of hydrazine groups is 1. The molecule has 21 heavy (non-hydrogen) atoms. The molecule has 0 aliphatic rings. The van der Waals surface area contributed by atoms with Crippen LogP contribution in [0.4, 0.5) is 0 Å². The fourth-order valence-electron chi connectivity index (χ4n) is 2.98. The Morgan fingerprint density at radius 1 is 1.10 bits per heavy atom. The van der Waals surface area contributed by atoms with Crippen LogP contribution in [0.5, 0.6) is 0 Å². The Morgan fingerprint density at radius 2 is 1.76 bits per heavy atom. The van der Waals surface area contributed by atoms with Crippen LogP contribution in [0.25, 0.3) is 0 Å². The molecule has 1 atom stereocenters. The van der Waals surface area contributed by atoms with Gasteiger partial charge in [0.2, 0.25) is 0 Å². The molecule has 0 fully saturated rings. The molecule has 0 spiro atoms. The van der Waals surface area contributed by atoms with Crippen LogP contribution < -0.4 is 11.3 Å². The van der Waals surface area contributed by atoms with Crippen molar-refractivity contribution in [2.45, 2.75) is 84.6 Å². The van der Waals surface area contributed by atoms with Gasteiger partial charge in [0, 0.05) is 18.8 Å². The van der Waals surface area contributed by atoms with E-state index in [-0.39, 0.29) is 0 Å². The van der Waals surface area contributed by atoms with Gasteiger partial charge < -0.3 is 0 Å². The Morgan fingerprint density at radius 3 is 2.33 bits per heavy atom. The highest BCUT2D eigenvalue weighted by Gasteiger charge is 2.12. The van der Waals surface area contributed by atoms with Gasteiger partial charge in [0.05, 0.1) is 5.69 Å². The van der Waals surface area contributed by atoms with Gasteiger partial charge in [-0.2, -0.15) is 5.10 Å². The highest BCUT2D eigenvalue weighted by atomic mass is 15.3. The fraction of sp³-hybridized carbons (Fsp3) is 0.824.